The van der Waals surface area contributed by atoms with Crippen LogP contribution in [0.5, 0.6) is 0 Å². The van der Waals surface area contributed by atoms with Crippen LogP contribution in [0.1, 0.15) is 29.8 Å². The number of nitrogens with two attached hydrogens (primary N) is 1. The zero-order valence-corrected chi connectivity index (χ0v) is 9.32. The van der Waals surface area contributed by atoms with Crippen LogP contribution in [-0.2, 0) is 12.8 Å². The van der Waals surface area contributed by atoms with Crippen LogP contribution in [0.2, 0.25) is 0 Å². The first-order valence-corrected chi connectivity index (χ1v) is 5.66. The van der Waals surface area contributed by atoms with Crippen LogP contribution < -0.4 is 5.73 Å². The molecule has 1 aliphatic carbocycles. The third-order valence-electron chi connectivity index (χ3n) is 3.18. The van der Waals surface area contributed by atoms with Gasteiger partial charge in [-0.15, -0.1) is 0 Å². The second-order valence-corrected chi connectivity index (χ2v) is 4.32. The molecule has 1 aliphatic rings. The molecule has 0 aromatic carbocycles. The van der Waals surface area contributed by atoms with Gasteiger partial charge in [0.1, 0.15) is 11.6 Å². The van der Waals surface area contributed by atoms with Crippen molar-refractivity contribution >= 4 is 16.9 Å². The van der Waals surface area contributed by atoms with Crippen molar-refractivity contribution in [3.63, 3.8) is 0 Å². The Bertz CT molecular complexity index is 562. The van der Waals surface area contributed by atoms with Crippen LogP contribution in [-0.4, -0.2) is 15.0 Å². The molecule has 0 radical (unpaired) electrons. The van der Waals surface area contributed by atoms with Gasteiger partial charge in [0.15, 0.2) is 5.65 Å². The molecular formula is C12H14N4. The van der Waals surface area contributed by atoms with E-state index in [-0.39, 0.29) is 0 Å². The zero-order chi connectivity index (χ0) is 11.1. The summed E-state index contributed by atoms with van der Waals surface area (Å²) in [6.07, 6.45) is 6.59. The molecule has 0 atom stereocenters. The van der Waals surface area contributed by atoms with Crippen LogP contribution in [0.25, 0.3) is 11.0 Å². The molecule has 82 valence electrons. The van der Waals surface area contributed by atoms with Gasteiger partial charge in [0.2, 0.25) is 0 Å². The number of aryl methyl sites for hydroxylation is 3. The lowest BCUT2D eigenvalue weighted by Crippen LogP contribution is -2.08. The minimum Gasteiger partial charge on any atom is -0.383 e. The Labute approximate surface area is 93.9 Å². The summed E-state index contributed by atoms with van der Waals surface area (Å²) in [5.41, 5.74) is 9.36. The number of hydrogen-bond donors (Lipinski definition) is 1. The van der Waals surface area contributed by atoms with Gasteiger partial charge >= 0.3 is 0 Å². The minimum atomic E-state index is 0.578. The van der Waals surface area contributed by atoms with Crippen LogP contribution >= 0.6 is 0 Å². The SMILES string of the molecule is Cc1nc(N)c2c3c(cnc2n1)CCCC3. The van der Waals surface area contributed by atoms with Crippen LogP contribution in [0.3, 0.4) is 0 Å². The van der Waals surface area contributed by atoms with E-state index in [2.05, 4.69) is 15.0 Å². The van der Waals surface area contributed by atoms with Gasteiger partial charge in [-0.05, 0) is 43.7 Å². The highest BCUT2D eigenvalue weighted by molar-refractivity contribution is 5.89. The van der Waals surface area contributed by atoms with Crippen LogP contribution in [0.4, 0.5) is 5.82 Å². The van der Waals surface area contributed by atoms with Gasteiger partial charge in [0.05, 0.1) is 5.39 Å². The van der Waals surface area contributed by atoms with E-state index in [1.165, 1.54) is 24.0 Å². The number of nitrogens with zero attached hydrogens (tertiary/aromatic N) is 3. The molecule has 0 saturated carbocycles. The molecule has 0 fully saturated rings. The molecule has 2 aromatic heterocycles. The number of aromatic nitrogens is 3. The van der Waals surface area contributed by atoms with E-state index in [1.54, 1.807) is 0 Å². The van der Waals surface area contributed by atoms with E-state index in [9.17, 15) is 0 Å². The van der Waals surface area contributed by atoms with Crippen LogP contribution in [0, 0.1) is 6.92 Å². The van der Waals surface area contributed by atoms with Gasteiger partial charge in [0, 0.05) is 6.20 Å². The van der Waals surface area contributed by atoms with Gasteiger partial charge in [-0.3, -0.25) is 0 Å². The van der Waals surface area contributed by atoms with E-state index >= 15 is 0 Å². The average molecular weight is 214 g/mol. The molecule has 2 heterocycles. The van der Waals surface area contributed by atoms with Crippen molar-refractivity contribution in [2.75, 3.05) is 5.73 Å². The Hall–Kier alpha value is -1.71. The third-order valence-corrected chi connectivity index (χ3v) is 3.18. The summed E-state index contributed by atoms with van der Waals surface area (Å²) < 4.78 is 0. The fourth-order valence-corrected chi connectivity index (χ4v) is 2.46. The molecule has 2 aromatic rings. The maximum absolute atomic E-state index is 5.99. The molecule has 3 rings (SSSR count). The summed E-state index contributed by atoms with van der Waals surface area (Å²) in [5.74, 6) is 1.27. The lowest BCUT2D eigenvalue weighted by molar-refractivity contribution is 0.687. The highest BCUT2D eigenvalue weighted by Crippen LogP contribution is 2.29. The molecule has 4 heteroatoms. The topological polar surface area (TPSA) is 64.7 Å². The van der Waals surface area contributed by atoms with Crippen molar-refractivity contribution in [2.45, 2.75) is 32.6 Å². The number of rotatable bonds is 0. The molecular weight excluding hydrogens is 200 g/mol. The average Bonchev–Trinajstić information content (AvgIpc) is 2.28. The lowest BCUT2D eigenvalue weighted by atomic mass is 9.91. The summed E-state index contributed by atoms with van der Waals surface area (Å²) in [4.78, 5) is 13.0. The highest BCUT2D eigenvalue weighted by Gasteiger charge is 2.16. The van der Waals surface area contributed by atoms with Crippen molar-refractivity contribution in [3.8, 4) is 0 Å². The predicted octanol–water partition coefficient (Wildman–Crippen LogP) is 1.79. The first-order chi connectivity index (χ1) is 7.75. The quantitative estimate of drug-likeness (QED) is 0.726. The smallest absolute Gasteiger partial charge is 0.165 e. The van der Waals surface area contributed by atoms with Crippen LogP contribution in [0.15, 0.2) is 6.20 Å². The number of pyridine rings is 1. The third kappa shape index (κ3) is 1.33. The first-order valence-electron chi connectivity index (χ1n) is 5.66. The Kier molecular flexibility index (Phi) is 2.02. The Morgan fingerprint density at radius 2 is 2.00 bits per heavy atom. The highest BCUT2D eigenvalue weighted by atomic mass is 15.0. The van der Waals surface area contributed by atoms with Crippen molar-refractivity contribution in [1.29, 1.82) is 0 Å². The summed E-state index contributed by atoms with van der Waals surface area (Å²) in [6.45, 7) is 1.84. The van der Waals surface area contributed by atoms with Gasteiger partial charge in [-0.25, -0.2) is 15.0 Å². The standard InChI is InChI=1S/C12H14N4/c1-7-15-11(13)10-9-5-3-2-4-8(9)6-14-12(10)16-7/h6H,2-5H2,1H3,(H2,13,14,15,16). The van der Waals surface area contributed by atoms with Gasteiger partial charge < -0.3 is 5.73 Å². The van der Waals surface area contributed by atoms with Crippen molar-refractivity contribution in [3.05, 3.63) is 23.1 Å². The zero-order valence-electron chi connectivity index (χ0n) is 9.32. The number of nitrogen functional groups attached to an aromatic ring is 1. The summed E-state index contributed by atoms with van der Waals surface area (Å²) in [6, 6.07) is 0. The molecule has 0 amide bonds. The molecule has 0 spiro atoms. The maximum atomic E-state index is 5.99. The lowest BCUT2D eigenvalue weighted by Gasteiger charge is -2.17. The Balaban J connectivity index is 2.38. The number of fused-ring (bicyclic) bond motifs is 3. The van der Waals surface area contributed by atoms with E-state index in [0.29, 0.717) is 11.6 Å². The Morgan fingerprint density at radius 1 is 1.19 bits per heavy atom. The van der Waals surface area contributed by atoms with E-state index in [4.69, 9.17) is 5.73 Å². The fraction of sp³-hybridized carbons (Fsp3) is 0.417. The van der Waals surface area contributed by atoms with Gasteiger partial charge in [-0.1, -0.05) is 0 Å². The predicted molar refractivity (Wildman–Crippen MR) is 63.1 cm³/mol. The summed E-state index contributed by atoms with van der Waals surface area (Å²) in [7, 11) is 0. The minimum absolute atomic E-state index is 0.578. The van der Waals surface area contributed by atoms with Crippen molar-refractivity contribution < 1.29 is 0 Å². The normalized spacial score (nSPS) is 15.1. The molecule has 0 bridgehead atoms. The molecule has 4 nitrogen and oxygen atoms in total. The second kappa shape index (κ2) is 3.40. The second-order valence-electron chi connectivity index (χ2n) is 4.32. The number of hydrogen-bond acceptors (Lipinski definition) is 4. The molecule has 0 aliphatic heterocycles. The van der Waals surface area contributed by atoms with E-state index in [1.807, 2.05) is 13.1 Å². The molecule has 2 N–H and O–H groups in total. The van der Waals surface area contributed by atoms with Gasteiger partial charge in [-0.2, -0.15) is 0 Å². The Morgan fingerprint density at radius 3 is 2.88 bits per heavy atom. The number of anilines is 1. The van der Waals surface area contributed by atoms with E-state index in [0.717, 1.165) is 23.9 Å². The summed E-state index contributed by atoms with van der Waals surface area (Å²) >= 11 is 0. The monoisotopic (exact) mass is 214 g/mol. The summed E-state index contributed by atoms with van der Waals surface area (Å²) in [5, 5.41) is 0.975. The van der Waals surface area contributed by atoms with E-state index < -0.39 is 0 Å². The fourth-order valence-electron chi connectivity index (χ4n) is 2.46. The first kappa shape index (κ1) is 9.51. The molecule has 0 unspecified atom stereocenters. The van der Waals surface area contributed by atoms with Gasteiger partial charge in [0.25, 0.3) is 0 Å². The van der Waals surface area contributed by atoms with Crippen molar-refractivity contribution in [2.24, 2.45) is 0 Å². The maximum Gasteiger partial charge on any atom is 0.165 e. The largest absolute Gasteiger partial charge is 0.383 e. The van der Waals surface area contributed by atoms with Crippen molar-refractivity contribution in [1.82, 2.24) is 15.0 Å². The molecule has 16 heavy (non-hydrogen) atoms. The molecule has 0 saturated heterocycles.